The van der Waals surface area contributed by atoms with Crippen molar-refractivity contribution >= 4 is 63.4 Å². The van der Waals surface area contributed by atoms with Crippen LogP contribution in [0.3, 0.4) is 0 Å². The molecular formula is C27H32I2N4O7. The number of amides is 2. The van der Waals surface area contributed by atoms with Crippen molar-refractivity contribution in [2.24, 2.45) is 5.10 Å². The molecule has 1 aliphatic rings. The van der Waals surface area contributed by atoms with Crippen LogP contribution < -0.4 is 30.3 Å². The van der Waals surface area contributed by atoms with E-state index in [0.29, 0.717) is 29.4 Å². The second-order valence-electron chi connectivity index (χ2n) is 8.89. The molecule has 1 aliphatic heterocycles. The maximum atomic E-state index is 12.4. The highest BCUT2D eigenvalue weighted by molar-refractivity contribution is 14.1. The summed E-state index contributed by atoms with van der Waals surface area (Å²) in [5.74, 6) is 0.912. The summed E-state index contributed by atoms with van der Waals surface area (Å²) in [6.45, 7) is 7.57. The summed E-state index contributed by atoms with van der Waals surface area (Å²) in [7, 11) is 1.28. The number of hydrogen-bond donors (Lipinski definition) is 4. The third-order valence-electron chi connectivity index (χ3n) is 5.49. The number of allylic oxidation sites excluding steroid dienone is 1. The maximum absolute atomic E-state index is 12.4. The molecule has 2 atom stereocenters. The first-order valence-electron chi connectivity index (χ1n) is 12.4. The number of nitrogens with one attached hydrogen (secondary N) is 3. The van der Waals surface area contributed by atoms with Crippen molar-refractivity contribution < 1.29 is 33.6 Å². The van der Waals surface area contributed by atoms with Crippen molar-refractivity contribution in [3.8, 4) is 17.2 Å². The third kappa shape index (κ3) is 8.36. The number of benzene rings is 2. The number of aliphatic hydroxyl groups excluding tert-OH is 1. The van der Waals surface area contributed by atoms with Gasteiger partial charge in [0.15, 0.2) is 17.7 Å². The first-order valence-corrected chi connectivity index (χ1v) is 14.6. The Morgan fingerprint density at radius 3 is 2.62 bits per heavy atom. The lowest BCUT2D eigenvalue weighted by molar-refractivity contribution is -0.136. The van der Waals surface area contributed by atoms with E-state index in [-0.39, 0.29) is 18.3 Å². The molecule has 0 radical (unpaired) electrons. The Kier molecular flexibility index (Phi) is 11.7. The fourth-order valence-corrected chi connectivity index (χ4v) is 5.87. The molecular weight excluding hydrogens is 746 g/mol. The minimum absolute atomic E-state index is 0.00301. The second kappa shape index (κ2) is 14.7. The van der Waals surface area contributed by atoms with Crippen LogP contribution >= 0.6 is 45.2 Å². The van der Waals surface area contributed by atoms with Gasteiger partial charge in [0.2, 0.25) is 0 Å². The van der Waals surface area contributed by atoms with E-state index >= 15 is 0 Å². The molecule has 0 spiro atoms. The van der Waals surface area contributed by atoms with Gasteiger partial charge in [-0.05, 0) is 103 Å². The number of esters is 1. The van der Waals surface area contributed by atoms with E-state index in [4.69, 9.17) is 18.9 Å². The lowest BCUT2D eigenvalue weighted by atomic mass is 9.95. The van der Waals surface area contributed by atoms with E-state index < -0.39 is 24.3 Å². The number of hydrazone groups is 1. The fourth-order valence-electron chi connectivity index (χ4n) is 3.85. The number of halogens is 2. The van der Waals surface area contributed by atoms with Gasteiger partial charge in [-0.25, -0.2) is 9.59 Å². The van der Waals surface area contributed by atoms with Crippen LogP contribution in [-0.2, 0) is 9.53 Å². The van der Waals surface area contributed by atoms with Gasteiger partial charge in [-0.2, -0.15) is 5.10 Å². The molecule has 2 aromatic rings. The largest absolute Gasteiger partial charge is 0.490 e. The van der Waals surface area contributed by atoms with Gasteiger partial charge in [0.25, 0.3) is 0 Å². The molecule has 2 amide bonds. The highest BCUT2D eigenvalue weighted by Gasteiger charge is 2.32. The zero-order valence-electron chi connectivity index (χ0n) is 22.7. The van der Waals surface area contributed by atoms with Gasteiger partial charge in [-0.15, -0.1) is 0 Å². The van der Waals surface area contributed by atoms with Crippen molar-refractivity contribution in [3.63, 3.8) is 0 Å². The normalized spacial score (nSPS) is 15.9. The molecule has 1 heterocycles. The number of rotatable bonds is 12. The Bertz CT molecular complexity index is 1300. The molecule has 40 heavy (non-hydrogen) atoms. The number of carbonyl (C=O) groups excluding carboxylic acids is 2. The number of aliphatic hydroxyl groups is 1. The lowest BCUT2D eigenvalue weighted by Crippen LogP contribution is -2.45. The number of nitrogens with zero attached hydrogens (tertiary/aromatic N) is 1. The van der Waals surface area contributed by atoms with Gasteiger partial charge in [-0.1, -0.05) is 6.07 Å². The van der Waals surface area contributed by atoms with Gasteiger partial charge in [0.1, 0.15) is 12.4 Å². The van der Waals surface area contributed by atoms with Crippen molar-refractivity contribution in [1.82, 2.24) is 16.1 Å². The molecule has 0 aliphatic carbocycles. The molecule has 0 fully saturated rings. The summed E-state index contributed by atoms with van der Waals surface area (Å²) in [4.78, 5) is 24.5. The van der Waals surface area contributed by atoms with E-state index in [0.717, 1.165) is 18.5 Å². The molecule has 13 heteroatoms. The lowest BCUT2D eigenvalue weighted by Gasteiger charge is -2.28. The van der Waals surface area contributed by atoms with E-state index in [2.05, 4.69) is 66.3 Å². The summed E-state index contributed by atoms with van der Waals surface area (Å²) in [5.41, 5.74) is 4.71. The van der Waals surface area contributed by atoms with E-state index in [1.807, 2.05) is 32.9 Å². The van der Waals surface area contributed by atoms with Crippen LogP contribution in [0.5, 0.6) is 17.2 Å². The van der Waals surface area contributed by atoms with Crippen LogP contribution in [0.1, 0.15) is 44.9 Å². The van der Waals surface area contributed by atoms with Gasteiger partial charge in [0.05, 0.1) is 41.2 Å². The van der Waals surface area contributed by atoms with Crippen molar-refractivity contribution in [3.05, 3.63) is 59.9 Å². The molecule has 0 aromatic heterocycles. The van der Waals surface area contributed by atoms with Gasteiger partial charge < -0.3 is 34.7 Å². The average molecular weight is 778 g/mol. The van der Waals surface area contributed by atoms with Crippen LogP contribution in [0.25, 0.3) is 0 Å². The zero-order chi connectivity index (χ0) is 29.4. The van der Waals surface area contributed by atoms with Crippen molar-refractivity contribution in [2.45, 2.75) is 46.1 Å². The number of ether oxygens (including phenoxy) is 4. The third-order valence-corrected chi connectivity index (χ3v) is 6.91. The molecule has 4 N–H and O–H groups in total. The smallest absolute Gasteiger partial charge is 0.337 e. The average Bonchev–Trinajstić information content (AvgIpc) is 2.89. The first kappa shape index (κ1) is 31.7. The van der Waals surface area contributed by atoms with E-state index in [1.54, 1.807) is 31.3 Å². The highest BCUT2D eigenvalue weighted by Crippen LogP contribution is 2.35. The summed E-state index contributed by atoms with van der Waals surface area (Å²) in [5, 5.41) is 19.9. The zero-order valence-corrected chi connectivity index (χ0v) is 27.0. The van der Waals surface area contributed by atoms with Gasteiger partial charge >= 0.3 is 12.0 Å². The minimum Gasteiger partial charge on any atom is -0.490 e. The predicted octanol–water partition coefficient (Wildman–Crippen LogP) is 4.20. The molecule has 0 bridgehead atoms. The number of carbonyl (C=O) groups is 2. The monoisotopic (exact) mass is 778 g/mol. The Balaban J connectivity index is 1.72. The SMILES string of the molecule is CCOc1cc([C@H]2NC(=O)NC(C)=C2C(=O)OC)ccc1OC[C@@H](O)N/N=C/c1cc(I)cc(I)c1OC(C)C. The Morgan fingerprint density at radius 2 is 1.95 bits per heavy atom. The summed E-state index contributed by atoms with van der Waals surface area (Å²) in [6, 6.07) is 7.81. The number of hydrogen-bond acceptors (Lipinski definition) is 9. The standard InChI is InChI=1S/C27H32I2N4O7/c1-6-38-21-10-16(24-23(26(35)37-5)15(4)31-27(36)32-24)7-8-20(21)39-13-22(34)33-30-12-17-9-18(28)11-19(29)25(17)40-14(2)3/h7-12,14,22,24,33-34H,6,13H2,1-5H3,(H2,31,32,36)/b30-12+/t22-,24-/m1/s1. The summed E-state index contributed by atoms with van der Waals surface area (Å²) >= 11 is 4.45. The van der Waals surface area contributed by atoms with Crippen molar-refractivity contribution in [1.29, 1.82) is 0 Å². The molecule has 0 saturated heterocycles. The topological polar surface area (TPSA) is 140 Å². The minimum atomic E-state index is -1.12. The molecule has 216 valence electrons. The summed E-state index contributed by atoms with van der Waals surface area (Å²) < 4.78 is 24.4. The van der Waals surface area contributed by atoms with Gasteiger partial charge in [0, 0.05) is 14.8 Å². The van der Waals surface area contributed by atoms with Gasteiger partial charge in [-0.3, -0.25) is 5.43 Å². The fraction of sp³-hybridized carbons (Fsp3) is 0.370. The Hall–Kier alpha value is -2.79. The molecule has 3 rings (SSSR count). The Labute approximate surface area is 260 Å². The van der Waals surface area contributed by atoms with Crippen LogP contribution in [0, 0.1) is 7.14 Å². The Morgan fingerprint density at radius 1 is 1.20 bits per heavy atom. The highest BCUT2D eigenvalue weighted by atomic mass is 127. The van der Waals surface area contributed by atoms with Crippen LogP contribution in [0.15, 0.2) is 46.7 Å². The number of methoxy groups -OCH3 is 1. The maximum Gasteiger partial charge on any atom is 0.337 e. The van der Waals surface area contributed by atoms with Crippen molar-refractivity contribution in [2.75, 3.05) is 20.3 Å². The van der Waals surface area contributed by atoms with E-state index in [1.165, 1.54) is 7.11 Å². The summed E-state index contributed by atoms with van der Waals surface area (Å²) in [6.07, 6.45) is 0.464. The predicted molar refractivity (Wildman–Crippen MR) is 167 cm³/mol. The van der Waals surface area contributed by atoms with Crippen LogP contribution in [0.2, 0.25) is 0 Å². The van der Waals surface area contributed by atoms with E-state index in [9.17, 15) is 14.7 Å². The molecule has 0 unspecified atom stereocenters. The number of urea groups is 1. The molecule has 11 nitrogen and oxygen atoms in total. The van der Waals surface area contributed by atoms with Crippen LogP contribution in [0.4, 0.5) is 4.79 Å². The molecule has 0 saturated carbocycles. The van der Waals surface area contributed by atoms with Crippen LogP contribution in [-0.4, -0.2) is 56.0 Å². The second-order valence-corrected chi connectivity index (χ2v) is 11.3. The quantitative estimate of drug-likeness (QED) is 0.0828. The first-order chi connectivity index (χ1) is 19.0. The molecule has 2 aromatic carbocycles.